The molecule has 0 heterocycles. The van der Waals surface area contributed by atoms with Gasteiger partial charge in [0.1, 0.15) is 0 Å². The van der Waals surface area contributed by atoms with Gasteiger partial charge >= 0.3 is 0 Å². The maximum atomic E-state index is 2.28. The van der Waals surface area contributed by atoms with Crippen molar-refractivity contribution in [2.24, 2.45) is 0 Å². The topological polar surface area (TPSA) is 0 Å². The maximum Gasteiger partial charge on any atom is 0 e. The van der Waals surface area contributed by atoms with Gasteiger partial charge in [0.15, 0.2) is 0 Å². The van der Waals surface area contributed by atoms with E-state index in [9.17, 15) is 0 Å². The standard InChI is InChI=1S/C16H26.C13H10.Si/c1-2-3-4-5-6-7-8-10-13-16-14-11-9-12-15-16;1-3-7-12-10(5-1)9-11-6-2-4-8-13(11)12;/h9,11-12,14-15H,2-8,10,13H2,1H3;1-8H,9H2;. The SMILES string of the molecule is CCCCCCCCCCc1ccccc1.[Si].c1ccc2c(c1)Cc1ccccc1-2. The third-order valence-electron chi connectivity index (χ3n) is 5.87. The molecule has 4 rings (SSSR count). The third-order valence-corrected chi connectivity index (χ3v) is 5.87. The van der Waals surface area contributed by atoms with Crippen LogP contribution in [0.1, 0.15) is 75.0 Å². The predicted octanol–water partition coefficient (Wildman–Crippen LogP) is 8.25. The first-order valence-corrected chi connectivity index (χ1v) is 11.6. The number of hydrogen-bond donors (Lipinski definition) is 0. The number of benzene rings is 3. The Hall–Kier alpha value is -2.12. The van der Waals surface area contributed by atoms with Crippen molar-refractivity contribution in [2.45, 2.75) is 71.1 Å². The molecule has 0 aliphatic heterocycles. The molecule has 0 spiro atoms. The predicted molar refractivity (Wildman–Crippen MR) is 133 cm³/mol. The van der Waals surface area contributed by atoms with Crippen LogP contribution in [0.3, 0.4) is 0 Å². The molecule has 30 heavy (non-hydrogen) atoms. The minimum atomic E-state index is 0. The lowest BCUT2D eigenvalue weighted by molar-refractivity contribution is 0.575. The summed E-state index contributed by atoms with van der Waals surface area (Å²) in [6.45, 7) is 2.28. The molecule has 0 fully saturated rings. The molecule has 0 N–H and O–H groups in total. The van der Waals surface area contributed by atoms with Crippen LogP contribution in [0, 0.1) is 0 Å². The summed E-state index contributed by atoms with van der Waals surface area (Å²) < 4.78 is 0. The zero-order valence-electron chi connectivity index (χ0n) is 18.6. The van der Waals surface area contributed by atoms with Crippen molar-refractivity contribution >= 4 is 11.0 Å². The van der Waals surface area contributed by atoms with E-state index in [0.717, 1.165) is 6.42 Å². The van der Waals surface area contributed by atoms with E-state index >= 15 is 0 Å². The Morgan fingerprint density at radius 2 is 1.00 bits per heavy atom. The lowest BCUT2D eigenvalue weighted by Gasteiger charge is -2.02. The van der Waals surface area contributed by atoms with Crippen molar-refractivity contribution in [3.05, 3.63) is 95.6 Å². The Labute approximate surface area is 188 Å². The van der Waals surface area contributed by atoms with Gasteiger partial charge in [0.05, 0.1) is 0 Å². The summed E-state index contributed by atoms with van der Waals surface area (Å²) in [6, 6.07) is 28.2. The van der Waals surface area contributed by atoms with Crippen molar-refractivity contribution in [2.75, 3.05) is 0 Å². The lowest BCUT2D eigenvalue weighted by atomic mass is 10.0. The highest BCUT2D eigenvalue weighted by Crippen LogP contribution is 2.35. The summed E-state index contributed by atoms with van der Waals surface area (Å²) in [6.07, 6.45) is 13.7. The van der Waals surface area contributed by atoms with Crippen LogP contribution in [0.2, 0.25) is 0 Å². The first-order chi connectivity index (χ1) is 14.4. The van der Waals surface area contributed by atoms with Crippen molar-refractivity contribution in [3.8, 4) is 11.1 Å². The molecule has 0 saturated heterocycles. The summed E-state index contributed by atoms with van der Waals surface area (Å²) in [4.78, 5) is 0. The van der Waals surface area contributed by atoms with E-state index < -0.39 is 0 Å². The van der Waals surface area contributed by atoms with Gasteiger partial charge in [-0.15, -0.1) is 0 Å². The molecule has 0 nitrogen and oxygen atoms in total. The van der Waals surface area contributed by atoms with Crippen LogP contribution in [0.25, 0.3) is 11.1 Å². The molecule has 156 valence electrons. The van der Waals surface area contributed by atoms with E-state index in [4.69, 9.17) is 0 Å². The second kappa shape index (κ2) is 14.0. The minimum absolute atomic E-state index is 0. The van der Waals surface area contributed by atoms with Crippen molar-refractivity contribution in [1.82, 2.24) is 0 Å². The number of aryl methyl sites for hydroxylation is 1. The first-order valence-electron chi connectivity index (χ1n) is 11.6. The number of hydrogen-bond acceptors (Lipinski definition) is 0. The monoisotopic (exact) mass is 412 g/mol. The van der Waals surface area contributed by atoms with E-state index in [1.165, 1.54) is 85.6 Å². The smallest absolute Gasteiger partial charge is 0 e. The highest BCUT2D eigenvalue weighted by atomic mass is 28.1. The fourth-order valence-corrected chi connectivity index (χ4v) is 4.19. The van der Waals surface area contributed by atoms with Crippen LogP contribution in [-0.2, 0) is 12.8 Å². The van der Waals surface area contributed by atoms with E-state index in [0.29, 0.717) is 0 Å². The molecule has 0 saturated carbocycles. The maximum absolute atomic E-state index is 2.28. The van der Waals surface area contributed by atoms with Crippen molar-refractivity contribution < 1.29 is 0 Å². The van der Waals surface area contributed by atoms with Gasteiger partial charge in [-0.1, -0.05) is 131 Å². The molecule has 3 aromatic carbocycles. The average Bonchev–Trinajstić information content (AvgIpc) is 3.16. The highest BCUT2D eigenvalue weighted by molar-refractivity contribution is 5.76. The second-order valence-corrected chi connectivity index (χ2v) is 8.20. The van der Waals surface area contributed by atoms with Gasteiger partial charge in [-0.05, 0) is 47.1 Å². The quantitative estimate of drug-likeness (QED) is 0.192. The summed E-state index contributed by atoms with van der Waals surface area (Å²) in [5.74, 6) is 0. The Balaban J connectivity index is 0.000000209. The van der Waals surface area contributed by atoms with Gasteiger partial charge < -0.3 is 0 Å². The summed E-state index contributed by atoms with van der Waals surface area (Å²) in [7, 11) is 0. The molecule has 0 aromatic heterocycles. The average molecular weight is 413 g/mol. The zero-order valence-corrected chi connectivity index (χ0v) is 19.6. The van der Waals surface area contributed by atoms with Gasteiger partial charge in [-0.3, -0.25) is 0 Å². The highest BCUT2D eigenvalue weighted by Gasteiger charge is 2.15. The van der Waals surface area contributed by atoms with E-state index in [1.807, 2.05) is 0 Å². The van der Waals surface area contributed by atoms with Gasteiger partial charge in [-0.2, -0.15) is 0 Å². The van der Waals surface area contributed by atoms with Crippen LogP contribution < -0.4 is 0 Å². The number of fused-ring (bicyclic) bond motifs is 3. The minimum Gasteiger partial charge on any atom is -0.0654 e. The van der Waals surface area contributed by atoms with Crippen molar-refractivity contribution in [1.29, 1.82) is 0 Å². The van der Waals surface area contributed by atoms with Gasteiger partial charge in [0.2, 0.25) is 0 Å². The van der Waals surface area contributed by atoms with Gasteiger partial charge in [0.25, 0.3) is 0 Å². The van der Waals surface area contributed by atoms with Crippen LogP contribution in [0.4, 0.5) is 0 Å². The van der Waals surface area contributed by atoms with Crippen LogP contribution >= 0.6 is 0 Å². The molecule has 3 aromatic rings. The normalized spacial score (nSPS) is 11.0. The van der Waals surface area contributed by atoms with Gasteiger partial charge in [-0.25, -0.2) is 0 Å². The molecule has 0 bridgehead atoms. The van der Waals surface area contributed by atoms with E-state index in [-0.39, 0.29) is 11.0 Å². The van der Waals surface area contributed by atoms with Crippen LogP contribution in [0.15, 0.2) is 78.9 Å². The Kier molecular flexibility index (Phi) is 11.3. The lowest BCUT2D eigenvalue weighted by Crippen LogP contribution is -1.85. The fourth-order valence-electron chi connectivity index (χ4n) is 4.19. The summed E-state index contributed by atoms with van der Waals surface area (Å²) >= 11 is 0. The molecule has 1 heteroatoms. The van der Waals surface area contributed by atoms with E-state index in [2.05, 4.69) is 85.8 Å². The summed E-state index contributed by atoms with van der Waals surface area (Å²) in [5.41, 5.74) is 7.25. The molecule has 1 aliphatic carbocycles. The molecular formula is C29H36Si. The van der Waals surface area contributed by atoms with Gasteiger partial charge in [0, 0.05) is 11.0 Å². The van der Waals surface area contributed by atoms with Crippen LogP contribution in [0.5, 0.6) is 0 Å². The molecule has 0 unspecified atom stereocenters. The Morgan fingerprint density at radius 3 is 1.57 bits per heavy atom. The molecule has 4 radical (unpaired) electrons. The third kappa shape index (κ3) is 7.61. The zero-order chi connectivity index (χ0) is 20.2. The van der Waals surface area contributed by atoms with E-state index in [1.54, 1.807) is 0 Å². The van der Waals surface area contributed by atoms with Crippen LogP contribution in [-0.4, -0.2) is 11.0 Å². The number of unbranched alkanes of at least 4 members (excludes halogenated alkanes) is 7. The largest absolute Gasteiger partial charge is 0.0654 e. The summed E-state index contributed by atoms with van der Waals surface area (Å²) in [5, 5.41) is 0. The molecule has 1 aliphatic rings. The first kappa shape index (κ1) is 24.1. The Bertz CT molecular complexity index is 794. The molecule has 0 atom stereocenters. The Morgan fingerprint density at radius 1 is 0.533 bits per heavy atom. The van der Waals surface area contributed by atoms with Crippen molar-refractivity contribution in [3.63, 3.8) is 0 Å². The fraction of sp³-hybridized carbons (Fsp3) is 0.379. The molecule has 0 amide bonds. The number of rotatable bonds is 9. The second-order valence-electron chi connectivity index (χ2n) is 8.20. The molecular weight excluding hydrogens is 376 g/mol.